The van der Waals surface area contributed by atoms with Crippen LogP contribution in [0.1, 0.15) is 43.4 Å². The van der Waals surface area contributed by atoms with Crippen LogP contribution in [0.15, 0.2) is 24.3 Å². The van der Waals surface area contributed by atoms with E-state index in [9.17, 15) is 17.4 Å². The van der Waals surface area contributed by atoms with Gasteiger partial charge in [0.1, 0.15) is 0 Å². The lowest BCUT2D eigenvalue weighted by Gasteiger charge is -2.14. The van der Waals surface area contributed by atoms with Crippen LogP contribution in [-0.4, -0.2) is 15.7 Å². The van der Waals surface area contributed by atoms with E-state index in [4.69, 9.17) is 5.73 Å². The largest absolute Gasteiger partial charge is 0.416 e. The second kappa shape index (κ2) is 7.78. The Labute approximate surface area is 120 Å². The van der Waals surface area contributed by atoms with Crippen molar-refractivity contribution in [3.05, 3.63) is 35.4 Å². The zero-order valence-corrected chi connectivity index (χ0v) is 12.3. The van der Waals surface area contributed by atoms with Gasteiger partial charge in [-0.05, 0) is 24.1 Å². The van der Waals surface area contributed by atoms with Crippen molar-refractivity contribution >= 4 is 10.8 Å². The van der Waals surface area contributed by atoms with E-state index in [1.807, 2.05) is 0 Å². The van der Waals surface area contributed by atoms with Crippen molar-refractivity contribution < 1.29 is 17.4 Å². The third-order valence-corrected chi connectivity index (χ3v) is 4.46. The molecule has 0 aromatic heterocycles. The SMILES string of the molecule is CCCCCS(=O)CC(N)c1cccc(C(F)(F)F)c1. The van der Waals surface area contributed by atoms with Gasteiger partial charge in [0, 0.05) is 28.3 Å². The maximum atomic E-state index is 12.6. The number of nitrogens with two attached hydrogens (primary N) is 1. The fourth-order valence-electron chi connectivity index (χ4n) is 1.84. The number of unbranched alkanes of at least 4 members (excludes halogenated alkanes) is 2. The molecule has 0 radical (unpaired) electrons. The number of halogens is 3. The van der Waals surface area contributed by atoms with Gasteiger partial charge in [0.2, 0.25) is 0 Å². The summed E-state index contributed by atoms with van der Waals surface area (Å²) in [6.45, 7) is 2.05. The van der Waals surface area contributed by atoms with Crippen LogP contribution >= 0.6 is 0 Å². The summed E-state index contributed by atoms with van der Waals surface area (Å²) >= 11 is 0. The Hall–Kier alpha value is -0.880. The van der Waals surface area contributed by atoms with Gasteiger partial charge in [-0.15, -0.1) is 0 Å². The molecule has 0 heterocycles. The average Bonchev–Trinajstić information content (AvgIpc) is 2.38. The van der Waals surface area contributed by atoms with Gasteiger partial charge in [-0.3, -0.25) is 4.21 Å². The third-order valence-electron chi connectivity index (χ3n) is 2.98. The molecule has 0 saturated heterocycles. The van der Waals surface area contributed by atoms with Gasteiger partial charge in [0.05, 0.1) is 5.56 Å². The number of hydrogen-bond donors (Lipinski definition) is 1. The maximum absolute atomic E-state index is 12.6. The number of hydrogen-bond acceptors (Lipinski definition) is 2. The highest BCUT2D eigenvalue weighted by atomic mass is 32.2. The molecule has 2 nitrogen and oxygen atoms in total. The van der Waals surface area contributed by atoms with E-state index in [2.05, 4.69) is 6.92 Å². The van der Waals surface area contributed by atoms with Crippen LogP contribution in [0.25, 0.3) is 0 Å². The summed E-state index contributed by atoms with van der Waals surface area (Å²) < 4.78 is 49.6. The lowest BCUT2D eigenvalue weighted by molar-refractivity contribution is -0.137. The van der Waals surface area contributed by atoms with Crippen LogP contribution < -0.4 is 5.73 Å². The van der Waals surface area contributed by atoms with Gasteiger partial charge in [-0.2, -0.15) is 13.2 Å². The van der Waals surface area contributed by atoms with Crippen molar-refractivity contribution in [2.75, 3.05) is 11.5 Å². The lowest BCUT2D eigenvalue weighted by atomic mass is 10.1. The molecule has 114 valence electrons. The van der Waals surface area contributed by atoms with Crippen LogP contribution in [0.5, 0.6) is 0 Å². The normalized spacial score (nSPS) is 15.1. The fraction of sp³-hybridized carbons (Fsp3) is 0.571. The minimum absolute atomic E-state index is 0.199. The van der Waals surface area contributed by atoms with E-state index in [0.717, 1.165) is 31.4 Å². The molecule has 1 aromatic rings. The van der Waals surface area contributed by atoms with Crippen molar-refractivity contribution in [3.63, 3.8) is 0 Å². The molecule has 0 aliphatic rings. The molecular formula is C14H20F3NOS. The zero-order chi connectivity index (χ0) is 15.2. The Bertz CT molecular complexity index is 448. The van der Waals surface area contributed by atoms with Crippen LogP contribution in [0.2, 0.25) is 0 Å². The molecule has 6 heteroatoms. The Kier molecular flexibility index (Phi) is 6.68. The van der Waals surface area contributed by atoms with Crippen molar-refractivity contribution in [2.45, 2.75) is 38.4 Å². The second-order valence-corrected chi connectivity index (χ2v) is 6.37. The molecular weight excluding hydrogens is 287 g/mol. The highest BCUT2D eigenvalue weighted by Gasteiger charge is 2.30. The molecule has 1 rings (SSSR count). The highest BCUT2D eigenvalue weighted by Crippen LogP contribution is 2.30. The third kappa shape index (κ3) is 5.63. The van der Waals surface area contributed by atoms with Gasteiger partial charge in [0.15, 0.2) is 0 Å². The topological polar surface area (TPSA) is 43.1 Å². The average molecular weight is 307 g/mol. The molecule has 0 saturated carbocycles. The Morgan fingerprint density at radius 3 is 2.60 bits per heavy atom. The predicted molar refractivity (Wildman–Crippen MR) is 75.8 cm³/mol. The standard InChI is InChI=1S/C14H20F3NOS/c1-2-3-4-8-20(19)10-13(18)11-6-5-7-12(9-11)14(15,16)17/h5-7,9,13H,2-4,8,10,18H2,1H3. The zero-order valence-electron chi connectivity index (χ0n) is 11.5. The van der Waals surface area contributed by atoms with Crippen molar-refractivity contribution in [2.24, 2.45) is 5.73 Å². The molecule has 20 heavy (non-hydrogen) atoms. The summed E-state index contributed by atoms with van der Waals surface area (Å²) in [5.74, 6) is 0.755. The first-order valence-corrected chi connectivity index (χ1v) is 8.11. The van der Waals surface area contributed by atoms with Gasteiger partial charge in [-0.25, -0.2) is 0 Å². The number of alkyl halides is 3. The Morgan fingerprint density at radius 1 is 1.30 bits per heavy atom. The van der Waals surface area contributed by atoms with E-state index in [1.54, 1.807) is 6.07 Å². The molecule has 2 atom stereocenters. The van der Waals surface area contributed by atoms with Crippen LogP contribution in [0, 0.1) is 0 Å². The van der Waals surface area contributed by atoms with Crippen LogP contribution in [-0.2, 0) is 17.0 Å². The molecule has 0 spiro atoms. The summed E-state index contributed by atoms with van der Waals surface area (Å²) in [5, 5.41) is 0. The summed E-state index contributed by atoms with van der Waals surface area (Å²) in [6, 6.07) is 4.29. The van der Waals surface area contributed by atoms with E-state index in [-0.39, 0.29) is 5.75 Å². The first-order chi connectivity index (χ1) is 9.34. The molecule has 1 aromatic carbocycles. The quantitative estimate of drug-likeness (QED) is 0.781. The summed E-state index contributed by atoms with van der Waals surface area (Å²) in [4.78, 5) is 0. The molecule has 0 bridgehead atoms. The number of benzene rings is 1. The molecule has 0 fully saturated rings. The smallest absolute Gasteiger partial charge is 0.323 e. The van der Waals surface area contributed by atoms with Crippen molar-refractivity contribution in [1.29, 1.82) is 0 Å². The van der Waals surface area contributed by atoms with Gasteiger partial charge < -0.3 is 5.73 Å². The summed E-state index contributed by atoms with van der Waals surface area (Å²) in [7, 11) is -1.09. The highest BCUT2D eigenvalue weighted by molar-refractivity contribution is 7.85. The van der Waals surface area contributed by atoms with Crippen LogP contribution in [0.4, 0.5) is 13.2 Å². The monoisotopic (exact) mass is 307 g/mol. The van der Waals surface area contributed by atoms with E-state index in [0.29, 0.717) is 11.3 Å². The van der Waals surface area contributed by atoms with E-state index >= 15 is 0 Å². The predicted octanol–water partition coefficient (Wildman–Crippen LogP) is 3.64. The maximum Gasteiger partial charge on any atom is 0.416 e. The minimum Gasteiger partial charge on any atom is -0.323 e. The van der Waals surface area contributed by atoms with E-state index in [1.165, 1.54) is 6.07 Å². The van der Waals surface area contributed by atoms with Crippen molar-refractivity contribution in [3.8, 4) is 0 Å². The Balaban J connectivity index is 2.63. The first kappa shape index (κ1) is 17.2. The number of rotatable bonds is 7. The molecule has 0 aliphatic carbocycles. The first-order valence-electron chi connectivity index (χ1n) is 6.62. The summed E-state index contributed by atoms with van der Waals surface area (Å²) in [5.41, 5.74) is 5.51. The van der Waals surface area contributed by atoms with Gasteiger partial charge in [-0.1, -0.05) is 31.9 Å². The second-order valence-electron chi connectivity index (χ2n) is 4.75. The van der Waals surface area contributed by atoms with E-state index < -0.39 is 28.6 Å². The molecule has 2 N–H and O–H groups in total. The van der Waals surface area contributed by atoms with Crippen LogP contribution in [0.3, 0.4) is 0 Å². The lowest BCUT2D eigenvalue weighted by Crippen LogP contribution is -2.20. The summed E-state index contributed by atoms with van der Waals surface area (Å²) in [6.07, 6.45) is -1.48. The van der Waals surface area contributed by atoms with Gasteiger partial charge >= 0.3 is 6.18 Å². The molecule has 0 aliphatic heterocycles. The Morgan fingerprint density at radius 2 is 2.00 bits per heavy atom. The molecule has 0 amide bonds. The van der Waals surface area contributed by atoms with Gasteiger partial charge in [0.25, 0.3) is 0 Å². The molecule has 2 unspecified atom stereocenters. The fourth-order valence-corrected chi connectivity index (χ4v) is 3.12. The minimum atomic E-state index is -4.38. The van der Waals surface area contributed by atoms with Crippen molar-refractivity contribution in [1.82, 2.24) is 0 Å².